The van der Waals surface area contributed by atoms with Gasteiger partial charge in [0, 0.05) is 7.11 Å². The highest BCUT2D eigenvalue weighted by Crippen LogP contribution is 2.33. The summed E-state index contributed by atoms with van der Waals surface area (Å²) in [4.78, 5) is 24.8. The number of nitrogens with one attached hydrogen (secondary N) is 1. The van der Waals surface area contributed by atoms with E-state index in [0.29, 0.717) is 0 Å². The molecule has 2 aliphatic heterocycles. The molecule has 21 heavy (non-hydrogen) atoms. The highest BCUT2D eigenvalue weighted by atomic mass is 35.5. The molecule has 0 aromatic rings. The second-order valence-electron chi connectivity index (χ2n) is 5.45. The van der Waals surface area contributed by atoms with E-state index in [4.69, 9.17) is 21.1 Å². The normalized spacial score (nSPS) is 44.1. The van der Waals surface area contributed by atoms with Crippen LogP contribution < -0.4 is 5.32 Å². The van der Waals surface area contributed by atoms with Gasteiger partial charge in [-0.3, -0.25) is 15.0 Å². The molecular formula is C12H19ClN2O6. The number of alkyl halides is 1. The number of imide groups is 1. The van der Waals surface area contributed by atoms with Crippen LogP contribution in [-0.4, -0.2) is 76.2 Å². The number of nitrogens with zero attached hydrogens (tertiary/aromatic N) is 1. The van der Waals surface area contributed by atoms with Gasteiger partial charge in [-0.2, -0.15) is 0 Å². The zero-order chi connectivity index (χ0) is 15.9. The summed E-state index contributed by atoms with van der Waals surface area (Å²) < 4.78 is 10.5. The molecule has 3 N–H and O–H groups in total. The third-order valence-electron chi connectivity index (χ3n) is 4.04. The van der Waals surface area contributed by atoms with E-state index in [9.17, 15) is 19.8 Å². The van der Waals surface area contributed by atoms with Crippen molar-refractivity contribution in [2.45, 2.75) is 49.3 Å². The van der Waals surface area contributed by atoms with Gasteiger partial charge in [-0.25, -0.2) is 4.79 Å². The summed E-state index contributed by atoms with van der Waals surface area (Å²) in [5.41, 5.74) is -1.78. The van der Waals surface area contributed by atoms with Crippen molar-refractivity contribution in [3.8, 4) is 0 Å². The van der Waals surface area contributed by atoms with Gasteiger partial charge in [-0.05, 0) is 13.8 Å². The molecule has 0 bridgehead atoms. The van der Waals surface area contributed by atoms with E-state index in [1.54, 1.807) is 0 Å². The average molecular weight is 323 g/mol. The highest BCUT2D eigenvalue weighted by Gasteiger charge is 2.55. The molecule has 6 unspecified atom stereocenters. The Kier molecular flexibility index (Phi) is 4.46. The number of ether oxygens (including phenoxy) is 2. The first kappa shape index (κ1) is 16.4. The summed E-state index contributed by atoms with van der Waals surface area (Å²) in [5, 5.41) is 21.4. The van der Waals surface area contributed by atoms with Crippen molar-refractivity contribution in [2.75, 3.05) is 13.7 Å². The van der Waals surface area contributed by atoms with Gasteiger partial charge in [0.2, 0.25) is 0 Å². The number of aliphatic hydroxyl groups excluding tert-OH is 1. The predicted molar refractivity (Wildman–Crippen MR) is 71.6 cm³/mol. The van der Waals surface area contributed by atoms with Gasteiger partial charge >= 0.3 is 6.03 Å². The molecule has 2 heterocycles. The molecule has 3 amide bonds. The molecule has 8 nitrogen and oxygen atoms in total. The molecule has 2 fully saturated rings. The van der Waals surface area contributed by atoms with Gasteiger partial charge < -0.3 is 19.7 Å². The minimum absolute atomic E-state index is 0.111. The van der Waals surface area contributed by atoms with Crippen molar-refractivity contribution in [1.82, 2.24) is 10.2 Å². The van der Waals surface area contributed by atoms with Crippen LogP contribution in [0.3, 0.4) is 0 Å². The molecule has 0 aromatic carbocycles. The average Bonchev–Trinajstić information content (AvgIpc) is 2.67. The lowest BCUT2D eigenvalue weighted by Crippen LogP contribution is -2.70. The summed E-state index contributed by atoms with van der Waals surface area (Å²) >= 11 is 6.13. The fourth-order valence-electron chi connectivity index (χ4n) is 2.49. The summed E-state index contributed by atoms with van der Waals surface area (Å²) in [6, 6.07) is -1.58. The maximum atomic E-state index is 12.0. The quantitative estimate of drug-likeness (QED) is 0.576. The largest absolute Gasteiger partial charge is 0.389 e. The smallest absolute Gasteiger partial charge is 0.326 e. The minimum atomic E-state index is -1.78. The van der Waals surface area contributed by atoms with Crippen molar-refractivity contribution >= 4 is 23.5 Å². The Morgan fingerprint density at radius 1 is 1.52 bits per heavy atom. The maximum absolute atomic E-state index is 12.0. The Balaban J connectivity index is 2.24. The van der Waals surface area contributed by atoms with Crippen LogP contribution >= 0.6 is 11.6 Å². The lowest BCUT2D eigenvalue weighted by atomic mass is 9.93. The molecule has 0 spiro atoms. The SMILES string of the molecule is COCC1OC(N2C(=O)NC(=O)C(C)(O)C2C)C(Cl)C1O. The molecule has 6 atom stereocenters. The number of aliphatic hydroxyl groups is 2. The number of methoxy groups -OCH3 is 1. The number of carbonyl (C=O) groups excluding carboxylic acids is 2. The lowest BCUT2D eigenvalue weighted by Gasteiger charge is -2.44. The standard InChI is InChI=1S/C12H19ClN2O6/c1-5-12(2,19)10(17)14-11(18)15(5)9-7(13)8(16)6(21-9)4-20-3/h5-9,16,19H,4H2,1-3H3,(H,14,17,18). The number of hydrogen-bond donors (Lipinski definition) is 3. The topological polar surface area (TPSA) is 108 Å². The van der Waals surface area contributed by atoms with Crippen LogP contribution in [0.4, 0.5) is 4.79 Å². The molecule has 0 aliphatic carbocycles. The number of carbonyl (C=O) groups is 2. The zero-order valence-corrected chi connectivity index (χ0v) is 12.7. The first-order valence-electron chi connectivity index (χ1n) is 6.54. The Hall–Kier alpha value is -0.930. The van der Waals surface area contributed by atoms with Gasteiger partial charge in [0.1, 0.15) is 17.6 Å². The summed E-state index contributed by atoms with van der Waals surface area (Å²) in [5.74, 6) is -0.783. The van der Waals surface area contributed by atoms with Crippen LogP contribution in [0, 0.1) is 0 Å². The summed E-state index contributed by atoms with van der Waals surface area (Å²) in [6.45, 7) is 2.92. The van der Waals surface area contributed by atoms with E-state index < -0.39 is 47.4 Å². The molecule has 0 saturated carbocycles. The van der Waals surface area contributed by atoms with Crippen LogP contribution in [0.15, 0.2) is 0 Å². The molecule has 2 aliphatic rings. The van der Waals surface area contributed by atoms with Crippen molar-refractivity contribution in [1.29, 1.82) is 0 Å². The summed E-state index contributed by atoms with van der Waals surface area (Å²) in [6.07, 6.45) is -2.69. The lowest BCUT2D eigenvalue weighted by molar-refractivity contribution is -0.156. The fourth-order valence-corrected chi connectivity index (χ4v) is 2.83. The van der Waals surface area contributed by atoms with Gasteiger partial charge in [-0.1, -0.05) is 0 Å². The van der Waals surface area contributed by atoms with E-state index in [-0.39, 0.29) is 6.61 Å². The first-order chi connectivity index (χ1) is 9.71. The molecule has 0 aromatic heterocycles. The van der Waals surface area contributed by atoms with Gasteiger partial charge in [0.05, 0.1) is 12.6 Å². The van der Waals surface area contributed by atoms with Gasteiger partial charge in [-0.15, -0.1) is 11.6 Å². The fraction of sp³-hybridized carbons (Fsp3) is 0.833. The number of hydrogen-bond acceptors (Lipinski definition) is 6. The van der Waals surface area contributed by atoms with Crippen molar-refractivity contribution in [3.05, 3.63) is 0 Å². The minimum Gasteiger partial charge on any atom is -0.389 e. The first-order valence-corrected chi connectivity index (χ1v) is 6.98. The molecule has 120 valence electrons. The Bertz CT molecular complexity index is 445. The van der Waals surface area contributed by atoms with Crippen molar-refractivity contribution < 1.29 is 29.3 Å². The number of halogens is 1. The van der Waals surface area contributed by atoms with E-state index in [1.807, 2.05) is 0 Å². The highest BCUT2D eigenvalue weighted by molar-refractivity contribution is 6.21. The Morgan fingerprint density at radius 3 is 2.71 bits per heavy atom. The van der Waals surface area contributed by atoms with Gasteiger partial charge in [0.15, 0.2) is 11.8 Å². The number of urea groups is 1. The molecular weight excluding hydrogens is 304 g/mol. The van der Waals surface area contributed by atoms with Crippen LogP contribution in [-0.2, 0) is 14.3 Å². The maximum Gasteiger partial charge on any atom is 0.326 e. The zero-order valence-electron chi connectivity index (χ0n) is 11.9. The van der Waals surface area contributed by atoms with Crippen LogP contribution in [0.2, 0.25) is 0 Å². The number of amides is 3. The predicted octanol–water partition coefficient (Wildman–Crippen LogP) is -0.983. The molecule has 2 saturated heterocycles. The molecule has 9 heteroatoms. The Morgan fingerprint density at radius 2 is 2.14 bits per heavy atom. The molecule has 0 radical (unpaired) electrons. The van der Waals surface area contributed by atoms with Gasteiger partial charge in [0.25, 0.3) is 5.91 Å². The third-order valence-corrected chi connectivity index (χ3v) is 4.52. The third kappa shape index (κ3) is 2.62. The molecule has 2 rings (SSSR count). The van der Waals surface area contributed by atoms with Crippen molar-refractivity contribution in [3.63, 3.8) is 0 Å². The van der Waals surface area contributed by atoms with E-state index in [2.05, 4.69) is 5.32 Å². The van der Waals surface area contributed by atoms with Crippen LogP contribution in [0.25, 0.3) is 0 Å². The van der Waals surface area contributed by atoms with E-state index in [0.717, 1.165) is 4.90 Å². The van der Waals surface area contributed by atoms with Crippen LogP contribution in [0.5, 0.6) is 0 Å². The monoisotopic (exact) mass is 322 g/mol. The van der Waals surface area contributed by atoms with E-state index >= 15 is 0 Å². The second-order valence-corrected chi connectivity index (χ2v) is 5.95. The Labute approximate surface area is 126 Å². The number of rotatable bonds is 3. The van der Waals surface area contributed by atoms with Crippen molar-refractivity contribution in [2.24, 2.45) is 0 Å². The van der Waals surface area contributed by atoms with E-state index in [1.165, 1.54) is 21.0 Å². The van der Waals surface area contributed by atoms with Crippen LogP contribution in [0.1, 0.15) is 13.8 Å². The second kappa shape index (κ2) is 5.69. The summed E-state index contributed by atoms with van der Waals surface area (Å²) in [7, 11) is 1.45.